The first-order valence-corrected chi connectivity index (χ1v) is 7.28. The zero-order valence-electron chi connectivity index (χ0n) is 13.2. The third-order valence-corrected chi connectivity index (χ3v) is 3.28. The summed E-state index contributed by atoms with van der Waals surface area (Å²) in [4.78, 5) is 11.4. The number of alkyl halides is 5. The van der Waals surface area contributed by atoms with Gasteiger partial charge in [0.1, 0.15) is 6.10 Å². The Kier molecular flexibility index (Phi) is 6.21. The minimum atomic E-state index is -6.04. The third-order valence-electron chi connectivity index (χ3n) is 2.93. The third kappa shape index (κ3) is 5.31. The van der Waals surface area contributed by atoms with E-state index < -0.39 is 29.7 Å². The van der Waals surface area contributed by atoms with Crippen molar-refractivity contribution in [2.45, 2.75) is 44.5 Å². The quantitative estimate of drug-likeness (QED) is 0.609. The van der Waals surface area contributed by atoms with Crippen molar-refractivity contribution in [3.8, 4) is 0 Å². The molecule has 136 valence electrons. The van der Waals surface area contributed by atoms with Crippen LogP contribution >= 0.6 is 11.6 Å². The molecule has 0 aliphatic heterocycles. The molecular formula is C15H17ClF5NO2. The number of carbonyl (C=O) groups excluding carboxylic acids is 1. The van der Waals surface area contributed by atoms with Crippen LogP contribution in [0.5, 0.6) is 0 Å². The minimum absolute atomic E-state index is 0.0846. The number of halogens is 6. The van der Waals surface area contributed by atoms with Gasteiger partial charge in [0.2, 0.25) is 0 Å². The molecule has 0 saturated carbocycles. The number of rotatable bonds is 5. The van der Waals surface area contributed by atoms with E-state index in [9.17, 15) is 26.7 Å². The first kappa shape index (κ1) is 20.6. The van der Waals surface area contributed by atoms with Gasteiger partial charge in [-0.25, -0.2) is 4.79 Å². The summed E-state index contributed by atoms with van der Waals surface area (Å²) < 4.78 is 67.6. The van der Waals surface area contributed by atoms with E-state index in [1.165, 1.54) is 18.2 Å². The molecule has 1 atom stereocenters. The molecule has 0 radical (unpaired) electrons. The van der Waals surface area contributed by atoms with E-state index >= 15 is 0 Å². The molecular weight excluding hydrogens is 357 g/mol. The molecule has 0 amide bonds. The van der Waals surface area contributed by atoms with Crippen molar-refractivity contribution in [1.82, 2.24) is 5.32 Å². The highest BCUT2D eigenvalue weighted by Gasteiger charge is 2.65. The van der Waals surface area contributed by atoms with Crippen LogP contribution in [0, 0.1) is 0 Å². The van der Waals surface area contributed by atoms with Gasteiger partial charge in [0.25, 0.3) is 0 Å². The van der Waals surface area contributed by atoms with Gasteiger partial charge in [0, 0.05) is 22.7 Å². The fourth-order valence-corrected chi connectivity index (χ4v) is 1.93. The van der Waals surface area contributed by atoms with Crippen LogP contribution in [-0.2, 0) is 9.53 Å². The minimum Gasteiger partial charge on any atom is -0.451 e. The average Bonchev–Trinajstić information content (AvgIpc) is 2.41. The summed E-state index contributed by atoms with van der Waals surface area (Å²) in [6, 6.07) is 5.85. The maximum atomic E-state index is 13.1. The van der Waals surface area contributed by atoms with Crippen molar-refractivity contribution in [1.29, 1.82) is 0 Å². The van der Waals surface area contributed by atoms with E-state index in [1.807, 2.05) is 0 Å². The molecule has 1 N–H and O–H groups in total. The van der Waals surface area contributed by atoms with E-state index in [1.54, 1.807) is 26.8 Å². The van der Waals surface area contributed by atoms with Crippen LogP contribution in [0.3, 0.4) is 0 Å². The van der Waals surface area contributed by atoms with E-state index in [2.05, 4.69) is 10.1 Å². The molecule has 1 aromatic carbocycles. The molecule has 1 rings (SSSR count). The Morgan fingerprint density at radius 3 is 2.17 bits per heavy atom. The number of ether oxygens (including phenoxy) is 1. The van der Waals surface area contributed by atoms with Crippen molar-refractivity contribution < 1.29 is 31.5 Å². The Morgan fingerprint density at radius 1 is 1.17 bits per heavy atom. The van der Waals surface area contributed by atoms with E-state index in [-0.39, 0.29) is 17.1 Å². The van der Waals surface area contributed by atoms with Crippen molar-refractivity contribution in [3.05, 3.63) is 34.9 Å². The fraction of sp³-hybridized carbons (Fsp3) is 0.533. The second-order valence-electron chi connectivity index (χ2n) is 6.12. The monoisotopic (exact) mass is 373 g/mol. The molecule has 0 aromatic heterocycles. The van der Waals surface area contributed by atoms with Gasteiger partial charge in [-0.1, -0.05) is 29.8 Å². The summed E-state index contributed by atoms with van der Waals surface area (Å²) in [5.74, 6) is -8.27. The van der Waals surface area contributed by atoms with E-state index in [0.29, 0.717) is 0 Å². The molecule has 0 fully saturated rings. The first-order chi connectivity index (χ1) is 10.8. The topological polar surface area (TPSA) is 38.3 Å². The van der Waals surface area contributed by atoms with Crippen LogP contribution < -0.4 is 5.32 Å². The Morgan fingerprint density at radius 2 is 1.71 bits per heavy atom. The molecule has 0 aliphatic carbocycles. The number of nitrogens with one attached hydrogen (secondary N) is 1. The summed E-state index contributed by atoms with van der Waals surface area (Å²) in [7, 11) is 0. The Hall–Kier alpha value is -1.41. The predicted molar refractivity (Wildman–Crippen MR) is 79.0 cm³/mol. The standard InChI is InChI=1S/C15H17ClF5NO2/c1-13(2,3)22-8-11(9-6-4-5-7-10(9)16)24-12(23)14(17,18)15(19,20)21/h4-7,11,22H,8H2,1-3H3. The number of esters is 1. The van der Waals surface area contributed by atoms with Crippen LogP contribution in [0.25, 0.3) is 0 Å². The van der Waals surface area contributed by atoms with Crippen molar-refractivity contribution in [3.63, 3.8) is 0 Å². The summed E-state index contributed by atoms with van der Waals surface area (Å²) >= 11 is 5.93. The van der Waals surface area contributed by atoms with Crippen molar-refractivity contribution in [2.75, 3.05) is 6.54 Å². The summed E-state index contributed by atoms with van der Waals surface area (Å²) in [5, 5.41) is 2.97. The lowest BCUT2D eigenvalue weighted by molar-refractivity contribution is -0.282. The second-order valence-corrected chi connectivity index (χ2v) is 6.53. The van der Waals surface area contributed by atoms with Gasteiger partial charge >= 0.3 is 18.1 Å². The first-order valence-electron chi connectivity index (χ1n) is 6.91. The SMILES string of the molecule is CC(C)(C)NCC(OC(=O)C(F)(F)C(F)(F)F)c1ccccc1Cl. The zero-order valence-corrected chi connectivity index (χ0v) is 13.9. The Bertz CT molecular complexity index is 584. The van der Waals surface area contributed by atoms with Crippen LogP contribution in [0.2, 0.25) is 5.02 Å². The van der Waals surface area contributed by atoms with Gasteiger partial charge in [-0.15, -0.1) is 0 Å². The van der Waals surface area contributed by atoms with Crippen molar-refractivity contribution >= 4 is 17.6 Å². The summed E-state index contributed by atoms with van der Waals surface area (Å²) in [6.07, 6.45) is -7.44. The zero-order chi connectivity index (χ0) is 18.8. The largest absolute Gasteiger partial charge is 0.465 e. The Labute approximate surface area is 141 Å². The molecule has 3 nitrogen and oxygen atoms in total. The van der Waals surface area contributed by atoms with E-state index in [4.69, 9.17) is 11.6 Å². The van der Waals surface area contributed by atoms with Gasteiger partial charge in [-0.2, -0.15) is 22.0 Å². The summed E-state index contributed by atoms with van der Waals surface area (Å²) in [5.41, 5.74) is -0.361. The number of benzene rings is 1. The highest BCUT2D eigenvalue weighted by atomic mass is 35.5. The number of hydrogen-bond donors (Lipinski definition) is 1. The maximum absolute atomic E-state index is 13.1. The van der Waals surface area contributed by atoms with Gasteiger partial charge in [-0.3, -0.25) is 0 Å². The molecule has 9 heteroatoms. The normalized spacial score (nSPS) is 14.4. The lowest BCUT2D eigenvalue weighted by atomic mass is 10.1. The van der Waals surface area contributed by atoms with Gasteiger partial charge < -0.3 is 10.1 Å². The second kappa shape index (κ2) is 7.23. The van der Waals surface area contributed by atoms with Crippen LogP contribution in [0.1, 0.15) is 32.4 Å². The maximum Gasteiger partial charge on any atom is 0.465 e. The number of hydrogen-bond acceptors (Lipinski definition) is 3. The highest BCUT2D eigenvalue weighted by Crippen LogP contribution is 2.38. The predicted octanol–water partition coefficient (Wildman–Crippen LogP) is 4.51. The number of carbonyl (C=O) groups is 1. The van der Waals surface area contributed by atoms with Crippen LogP contribution in [-0.4, -0.2) is 30.2 Å². The lowest BCUT2D eigenvalue weighted by Crippen LogP contribution is -2.47. The molecule has 0 bridgehead atoms. The molecule has 0 saturated heterocycles. The van der Waals surface area contributed by atoms with Crippen molar-refractivity contribution in [2.24, 2.45) is 0 Å². The van der Waals surface area contributed by atoms with Crippen LogP contribution in [0.4, 0.5) is 22.0 Å². The molecule has 0 aliphatic rings. The van der Waals surface area contributed by atoms with Gasteiger partial charge in [-0.05, 0) is 26.8 Å². The van der Waals surface area contributed by atoms with Crippen LogP contribution in [0.15, 0.2) is 24.3 Å². The summed E-state index contributed by atoms with van der Waals surface area (Å²) in [6.45, 7) is 5.07. The Balaban J connectivity index is 3.07. The lowest BCUT2D eigenvalue weighted by Gasteiger charge is -2.27. The molecule has 1 aromatic rings. The molecule has 0 spiro atoms. The van der Waals surface area contributed by atoms with Gasteiger partial charge in [0.15, 0.2) is 0 Å². The molecule has 0 heterocycles. The molecule has 1 unspecified atom stereocenters. The highest BCUT2D eigenvalue weighted by molar-refractivity contribution is 6.31. The van der Waals surface area contributed by atoms with E-state index in [0.717, 1.165) is 0 Å². The molecule has 24 heavy (non-hydrogen) atoms. The van der Waals surface area contributed by atoms with Gasteiger partial charge in [0.05, 0.1) is 0 Å². The average molecular weight is 374 g/mol. The smallest absolute Gasteiger partial charge is 0.451 e. The fourth-order valence-electron chi connectivity index (χ4n) is 1.67.